The molecule has 1 atom stereocenters. The van der Waals surface area contributed by atoms with E-state index in [9.17, 15) is 9.59 Å². The molecule has 1 aliphatic heterocycles. The van der Waals surface area contributed by atoms with Gasteiger partial charge in [-0.05, 0) is 44.1 Å². The number of aromatic nitrogens is 2. The number of unbranched alkanes of at least 4 members (excludes halogenated alkanes) is 1. The van der Waals surface area contributed by atoms with E-state index in [0.29, 0.717) is 18.3 Å². The van der Waals surface area contributed by atoms with E-state index in [1.165, 1.54) is 22.2 Å². The van der Waals surface area contributed by atoms with Crippen molar-refractivity contribution in [3.63, 3.8) is 0 Å². The van der Waals surface area contributed by atoms with Crippen LogP contribution in [0.4, 0.5) is 0 Å². The Morgan fingerprint density at radius 1 is 1.39 bits per heavy atom. The van der Waals surface area contributed by atoms with E-state index in [0.717, 1.165) is 61.8 Å². The molecule has 0 N–H and O–H groups in total. The van der Waals surface area contributed by atoms with Gasteiger partial charge < -0.3 is 9.47 Å². The number of hydrogen-bond donors (Lipinski definition) is 0. The third-order valence-corrected chi connectivity index (χ3v) is 7.42. The van der Waals surface area contributed by atoms with Gasteiger partial charge in [-0.3, -0.25) is 14.2 Å². The topological polar surface area (TPSA) is 70.4 Å². The van der Waals surface area contributed by atoms with Crippen LogP contribution in [0.15, 0.2) is 9.95 Å². The van der Waals surface area contributed by atoms with Gasteiger partial charge in [-0.15, -0.1) is 11.3 Å². The van der Waals surface area contributed by atoms with Crippen LogP contribution in [0.5, 0.6) is 0 Å². The van der Waals surface area contributed by atoms with Crippen LogP contribution in [-0.2, 0) is 33.7 Å². The maximum absolute atomic E-state index is 13.4. The number of thioether (sulfide) groups is 1. The fourth-order valence-electron chi connectivity index (χ4n) is 3.82. The molecule has 2 aromatic heterocycles. The van der Waals surface area contributed by atoms with E-state index in [2.05, 4.69) is 6.92 Å². The van der Waals surface area contributed by atoms with Gasteiger partial charge in [0.05, 0.1) is 30.4 Å². The summed E-state index contributed by atoms with van der Waals surface area (Å²) in [7, 11) is 0. The first kappa shape index (κ1) is 19.9. The molecule has 0 spiro atoms. The van der Waals surface area contributed by atoms with Gasteiger partial charge in [0.25, 0.3) is 5.56 Å². The normalized spacial score (nSPS) is 18.7. The average Bonchev–Trinajstić information content (AvgIpc) is 3.40. The molecule has 0 bridgehead atoms. The minimum absolute atomic E-state index is 0.0155. The van der Waals surface area contributed by atoms with Crippen molar-refractivity contribution in [2.24, 2.45) is 0 Å². The Balaban J connectivity index is 1.61. The van der Waals surface area contributed by atoms with Crippen molar-refractivity contribution in [1.82, 2.24) is 9.55 Å². The Hall–Kier alpha value is -1.38. The van der Waals surface area contributed by atoms with Crippen molar-refractivity contribution in [3.05, 3.63) is 20.8 Å². The second-order valence-corrected chi connectivity index (χ2v) is 9.37. The summed E-state index contributed by atoms with van der Waals surface area (Å²) in [6.45, 7) is 3.75. The summed E-state index contributed by atoms with van der Waals surface area (Å²) >= 11 is 2.93. The largest absolute Gasteiger partial charge is 0.465 e. The lowest BCUT2D eigenvalue weighted by Crippen LogP contribution is -2.29. The number of thiophene rings is 1. The predicted octanol–water partition coefficient (Wildman–Crippen LogP) is 3.56. The first-order valence-corrected chi connectivity index (χ1v) is 11.9. The van der Waals surface area contributed by atoms with Crippen LogP contribution < -0.4 is 5.56 Å². The van der Waals surface area contributed by atoms with Gasteiger partial charge in [-0.2, -0.15) is 0 Å². The van der Waals surface area contributed by atoms with E-state index in [1.54, 1.807) is 15.9 Å². The van der Waals surface area contributed by atoms with Crippen LogP contribution in [0.3, 0.4) is 0 Å². The molecule has 1 aliphatic carbocycles. The van der Waals surface area contributed by atoms with Crippen LogP contribution in [0.2, 0.25) is 0 Å². The molecule has 8 heteroatoms. The molecule has 0 aromatic carbocycles. The maximum atomic E-state index is 13.4. The highest BCUT2D eigenvalue weighted by atomic mass is 32.2. The Bertz CT molecular complexity index is 915. The van der Waals surface area contributed by atoms with Gasteiger partial charge in [0, 0.05) is 11.5 Å². The van der Waals surface area contributed by atoms with E-state index in [-0.39, 0.29) is 23.4 Å². The first-order valence-electron chi connectivity index (χ1n) is 10.1. The standard InChI is InChI=1S/C20H26N2O4S2/c1-2-3-9-26-16(23)12-27-20-21-18-17(14-7-4-8-15(14)28-18)19(24)22(20)11-13-6-5-10-25-13/h13H,2-12H2,1H3/t13-/m1/s1. The molecule has 2 aromatic rings. The number of hydrogen-bond acceptors (Lipinski definition) is 7. The molecule has 2 aliphatic rings. The first-order chi connectivity index (χ1) is 13.7. The van der Waals surface area contributed by atoms with E-state index in [4.69, 9.17) is 14.5 Å². The van der Waals surface area contributed by atoms with Gasteiger partial charge in [-0.25, -0.2) is 4.98 Å². The zero-order chi connectivity index (χ0) is 19.5. The maximum Gasteiger partial charge on any atom is 0.316 e. The van der Waals surface area contributed by atoms with Crippen LogP contribution in [0.25, 0.3) is 10.2 Å². The summed E-state index contributed by atoms with van der Waals surface area (Å²) in [5.74, 6) is -0.0942. The van der Waals surface area contributed by atoms with Crippen molar-refractivity contribution in [1.29, 1.82) is 0 Å². The van der Waals surface area contributed by atoms with E-state index >= 15 is 0 Å². The number of carbonyl (C=O) groups excluding carboxylic acids is 1. The predicted molar refractivity (Wildman–Crippen MR) is 111 cm³/mol. The second kappa shape index (κ2) is 8.97. The molecular weight excluding hydrogens is 396 g/mol. The molecule has 1 fully saturated rings. The lowest BCUT2D eigenvalue weighted by atomic mass is 10.2. The number of carbonyl (C=O) groups is 1. The average molecular weight is 423 g/mol. The molecule has 0 radical (unpaired) electrons. The van der Waals surface area contributed by atoms with Crippen LogP contribution in [0.1, 0.15) is 49.5 Å². The summed E-state index contributed by atoms with van der Waals surface area (Å²) in [6.07, 6.45) is 6.98. The quantitative estimate of drug-likeness (QED) is 0.280. The van der Waals surface area contributed by atoms with Crippen LogP contribution >= 0.6 is 23.1 Å². The molecule has 1 saturated heterocycles. The molecule has 0 saturated carbocycles. The van der Waals surface area contributed by atoms with E-state index in [1.807, 2.05) is 0 Å². The van der Waals surface area contributed by atoms with Crippen molar-refractivity contribution in [3.8, 4) is 0 Å². The van der Waals surface area contributed by atoms with E-state index < -0.39 is 0 Å². The zero-order valence-corrected chi connectivity index (χ0v) is 17.8. The molecule has 28 heavy (non-hydrogen) atoms. The lowest BCUT2D eigenvalue weighted by Gasteiger charge is -2.16. The van der Waals surface area contributed by atoms with Gasteiger partial charge in [0.2, 0.25) is 0 Å². The Labute approximate surface area is 172 Å². The zero-order valence-electron chi connectivity index (χ0n) is 16.2. The van der Waals surface area contributed by atoms with Crippen molar-refractivity contribution < 1.29 is 14.3 Å². The number of fused-ring (bicyclic) bond motifs is 3. The summed E-state index contributed by atoms with van der Waals surface area (Å²) in [4.78, 5) is 32.3. The second-order valence-electron chi connectivity index (χ2n) is 7.35. The number of esters is 1. The summed E-state index contributed by atoms with van der Waals surface area (Å²) in [5, 5.41) is 1.38. The number of rotatable bonds is 8. The summed E-state index contributed by atoms with van der Waals surface area (Å²) in [5.41, 5.74) is 1.20. The molecule has 0 unspecified atom stereocenters. The van der Waals surface area contributed by atoms with Crippen molar-refractivity contribution in [2.75, 3.05) is 19.0 Å². The fraction of sp³-hybridized carbons (Fsp3) is 0.650. The Morgan fingerprint density at radius 2 is 2.29 bits per heavy atom. The molecule has 152 valence electrons. The molecule has 0 amide bonds. The minimum Gasteiger partial charge on any atom is -0.465 e. The summed E-state index contributed by atoms with van der Waals surface area (Å²) in [6, 6.07) is 0. The highest BCUT2D eigenvalue weighted by Gasteiger charge is 2.25. The van der Waals surface area contributed by atoms with Gasteiger partial charge in [-0.1, -0.05) is 25.1 Å². The Morgan fingerprint density at radius 3 is 3.07 bits per heavy atom. The number of nitrogens with zero attached hydrogens (tertiary/aromatic N) is 2. The molecule has 3 heterocycles. The SMILES string of the molecule is CCCCOC(=O)CSc1nc2sc3c(c2c(=O)n1C[C@H]1CCCO1)CCC3. The van der Waals surface area contributed by atoms with Crippen LogP contribution in [0, 0.1) is 0 Å². The van der Waals surface area contributed by atoms with Gasteiger partial charge in [0.15, 0.2) is 5.16 Å². The Kier molecular flexibility index (Phi) is 6.38. The van der Waals surface area contributed by atoms with Gasteiger partial charge in [0.1, 0.15) is 4.83 Å². The molecule has 4 rings (SSSR count). The molecular formula is C20H26N2O4S2. The third-order valence-electron chi connectivity index (χ3n) is 5.28. The number of ether oxygens (including phenoxy) is 2. The monoisotopic (exact) mass is 422 g/mol. The number of aryl methyl sites for hydroxylation is 2. The van der Waals surface area contributed by atoms with Gasteiger partial charge >= 0.3 is 5.97 Å². The minimum atomic E-state index is -0.259. The molecule has 6 nitrogen and oxygen atoms in total. The smallest absolute Gasteiger partial charge is 0.316 e. The lowest BCUT2D eigenvalue weighted by molar-refractivity contribution is -0.140. The highest BCUT2D eigenvalue weighted by molar-refractivity contribution is 7.99. The van der Waals surface area contributed by atoms with Crippen molar-refractivity contribution >= 4 is 39.3 Å². The third kappa shape index (κ3) is 4.14. The highest BCUT2D eigenvalue weighted by Crippen LogP contribution is 2.35. The van der Waals surface area contributed by atoms with Crippen LogP contribution in [-0.4, -0.2) is 40.6 Å². The summed E-state index contributed by atoms with van der Waals surface area (Å²) < 4.78 is 12.7. The fourth-order valence-corrected chi connectivity index (χ4v) is 5.93. The van der Waals surface area contributed by atoms with Crippen molar-refractivity contribution in [2.45, 2.75) is 69.7 Å².